The van der Waals surface area contributed by atoms with Gasteiger partial charge in [0.2, 0.25) is 0 Å². The number of nitrogens with two attached hydrogens (primary N) is 1. The molecule has 21 heavy (non-hydrogen) atoms. The van der Waals surface area contributed by atoms with Gasteiger partial charge in [-0.05, 0) is 24.1 Å². The van der Waals surface area contributed by atoms with Gasteiger partial charge in [-0.15, -0.1) is 0 Å². The van der Waals surface area contributed by atoms with Gasteiger partial charge in [-0.3, -0.25) is 0 Å². The molecule has 0 spiro atoms. The molecule has 3 N–H and O–H groups in total. The first-order chi connectivity index (χ1) is 10.3. The van der Waals surface area contributed by atoms with Gasteiger partial charge in [0, 0.05) is 12.5 Å². The minimum absolute atomic E-state index is 0.0394. The van der Waals surface area contributed by atoms with Crippen molar-refractivity contribution in [2.24, 2.45) is 5.73 Å². The summed E-state index contributed by atoms with van der Waals surface area (Å²) in [6, 6.07) is 5.86. The minimum Gasteiger partial charge on any atom is -0.486 e. The lowest BCUT2D eigenvalue weighted by molar-refractivity contribution is 0.131. The van der Waals surface area contributed by atoms with Crippen LogP contribution in [0.5, 0.6) is 11.5 Å². The Morgan fingerprint density at radius 1 is 1.14 bits per heavy atom. The number of benzene rings is 1. The molecule has 0 amide bonds. The summed E-state index contributed by atoms with van der Waals surface area (Å²) in [4.78, 5) is 0. The first kappa shape index (κ1) is 16.1. The van der Waals surface area contributed by atoms with E-state index < -0.39 is 6.10 Å². The van der Waals surface area contributed by atoms with Crippen molar-refractivity contribution in [2.45, 2.75) is 51.0 Å². The van der Waals surface area contributed by atoms with E-state index in [1.165, 1.54) is 19.3 Å². The third kappa shape index (κ3) is 4.35. The molecular weight excluding hydrogens is 266 g/mol. The molecule has 1 aromatic rings. The van der Waals surface area contributed by atoms with Crippen molar-refractivity contribution in [3.8, 4) is 11.5 Å². The van der Waals surface area contributed by atoms with Crippen LogP contribution in [0.1, 0.15) is 50.5 Å². The highest BCUT2D eigenvalue weighted by Gasteiger charge is 2.22. The maximum absolute atomic E-state index is 10.4. The fourth-order valence-electron chi connectivity index (χ4n) is 2.79. The lowest BCUT2D eigenvalue weighted by atomic mass is 9.90. The molecule has 1 aliphatic rings. The average Bonchev–Trinajstić information content (AvgIpc) is 2.52. The van der Waals surface area contributed by atoms with Crippen molar-refractivity contribution < 1.29 is 14.6 Å². The van der Waals surface area contributed by atoms with Crippen molar-refractivity contribution in [3.05, 3.63) is 23.8 Å². The summed E-state index contributed by atoms with van der Waals surface area (Å²) < 4.78 is 11.1. The lowest BCUT2D eigenvalue weighted by Crippen LogP contribution is -2.26. The zero-order chi connectivity index (χ0) is 15.1. The molecule has 2 rings (SSSR count). The molecule has 2 unspecified atom stereocenters. The van der Waals surface area contributed by atoms with Gasteiger partial charge in [-0.2, -0.15) is 0 Å². The van der Waals surface area contributed by atoms with E-state index in [1.807, 2.05) is 18.2 Å². The summed E-state index contributed by atoms with van der Waals surface area (Å²) in [5.41, 5.74) is 6.91. The van der Waals surface area contributed by atoms with Crippen molar-refractivity contribution >= 4 is 0 Å². The molecule has 1 aromatic carbocycles. The van der Waals surface area contributed by atoms with Crippen LogP contribution in [0.25, 0.3) is 0 Å². The van der Waals surface area contributed by atoms with Crippen LogP contribution in [0.15, 0.2) is 18.2 Å². The molecule has 2 atom stereocenters. The number of rotatable bonds is 8. The fraction of sp³-hybridized carbons (Fsp3) is 0.647. The van der Waals surface area contributed by atoms with Crippen LogP contribution in [-0.4, -0.2) is 31.0 Å². The Morgan fingerprint density at radius 3 is 2.62 bits per heavy atom. The second-order valence-corrected chi connectivity index (χ2v) is 5.66. The molecule has 0 fully saturated rings. The van der Waals surface area contributed by atoms with E-state index in [0.717, 1.165) is 29.9 Å². The van der Waals surface area contributed by atoms with Crippen LogP contribution >= 0.6 is 0 Å². The van der Waals surface area contributed by atoms with Crippen molar-refractivity contribution in [1.82, 2.24) is 0 Å². The number of hydrogen-bond donors (Lipinski definition) is 2. The second-order valence-electron chi connectivity index (χ2n) is 5.66. The van der Waals surface area contributed by atoms with Gasteiger partial charge in [0.1, 0.15) is 13.2 Å². The SMILES string of the molecule is CCCCCCC(O)C(CN)c1ccc2c(c1)OCCO2. The van der Waals surface area contributed by atoms with Crippen LogP contribution < -0.4 is 15.2 Å². The molecule has 0 bridgehead atoms. The molecule has 0 radical (unpaired) electrons. The topological polar surface area (TPSA) is 64.7 Å². The molecule has 0 saturated carbocycles. The first-order valence-corrected chi connectivity index (χ1v) is 8.04. The van der Waals surface area contributed by atoms with E-state index in [4.69, 9.17) is 15.2 Å². The van der Waals surface area contributed by atoms with Gasteiger partial charge in [-0.1, -0.05) is 38.7 Å². The molecule has 0 saturated heterocycles. The quantitative estimate of drug-likeness (QED) is 0.723. The zero-order valence-electron chi connectivity index (χ0n) is 12.9. The lowest BCUT2D eigenvalue weighted by Gasteiger charge is -2.24. The number of aliphatic hydroxyl groups excluding tert-OH is 1. The smallest absolute Gasteiger partial charge is 0.161 e. The Morgan fingerprint density at radius 2 is 1.90 bits per heavy atom. The molecule has 1 aliphatic heterocycles. The molecule has 4 heteroatoms. The molecule has 118 valence electrons. The summed E-state index contributed by atoms with van der Waals surface area (Å²) >= 11 is 0. The maximum atomic E-state index is 10.4. The van der Waals surface area contributed by atoms with Crippen LogP contribution in [0.4, 0.5) is 0 Å². The van der Waals surface area contributed by atoms with Crippen LogP contribution in [0.3, 0.4) is 0 Å². The van der Waals surface area contributed by atoms with Crippen molar-refractivity contribution in [1.29, 1.82) is 0 Å². The third-order valence-corrected chi connectivity index (χ3v) is 4.07. The third-order valence-electron chi connectivity index (χ3n) is 4.07. The van der Waals surface area contributed by atoms with E-state index in [2.05, 4.69) is 6.92 Å². The van der Waals surface area contributed by atoms with E-state index in [9.17, 15) is 5.11 Å². The molecule has 0 aromatic heterocycles. The van der Waals surface area contributed by atoms with Gasteiger partial charge < -0.3 is 20.3 Å². The van der Waals surface area contributed by atoms with E-state index in [0.29, 0.717) is 19.8 Å². The predicted molar refractivity (Wildman–Crippen MR) is 84.0 cm³/mol. The highest BCUT2D eigenvalue weighted by molar-refractivity contribution is 5.45. The monoisotopic (exact) mass is 293 g/mol. The highest BCUT2D eigenvalue weighted by Crippen LogP contribution is 2.34. The maximum Gasteiger partial charge on any atom is 0.161 e. The molecular formula is C17H27NO3. The largest absolute Gasteiger partial charge is 0.486 e. The summed E-state index contributed by atoms with van der Waals surface area (Å²) in [7, 11) is 0. The zero-order valence-corrected chi connectivity index (χ0v) is 12.9. The number of unbranched alkanes of at least 4 members (excludes halogenated alkanes) is 3. The Hall–Kier alpha value is -1.26. The summed E-state index contributed by atoms with van der Waals surface area (Å²) in [5, 5.41) is 10.4. The summed E-state index contributed by atoms with van der Waals surface area (Å²) in [6.45, 7) is 3.79. The Labute approximate surface area is 127 Å². The summed E-state index contributed by atoms with van der Waals surface area (Å²) in [6.07, 6.45) is 5.07. The van der Waals surface area contributed by atoms with Crippen LogP contribution in [0.2, 0.25) is 0 Å². The number of ether oxygens (including phenoxy) is 2. The van der Waals surface area contributed by atoms with Gasteiger partial charge in [0.05, 0.1) is 6.10 Å². The highest BCUT2D eigenvalue weighted by atomic mass is 16.6. The van der Waals surface area contributed by atoms with Gasteiger partial charge >= 0.3 is 0 Å². The van der Waals surface area contributed by atoms with E-state index in [1.54, 1.807) is 0 Å². The Kier molecular flexibility index (Phi) is 6.33. The minimum atomic E-state index is -0.394. The fourth-order valence-corrected chi connectivity index (χ4v) is 2.79. The van der Waals surface area contributed by atoms with Gasteiger partial charge in [0.15, 0.2) is 11.5 Å². The number of fused-ring (bicyclic) bond motifs is 1. The van der Waals surface area contributed by atoms with Crippen molar-refractivity contribution in [2.75, 3.05) is 19.8 Å². The molecule has 0 aliphatic carbocycles. The van der Waals surface area contributed by atoms with Gasteiger partial charge in [0.25, 0.3) is 0 Å². The number of aliphatic hydroxyl groups is 1. The van der Waals surface area contributed by atoms with E-state index >= 15 is 0 Å². The van der Waals surface area contributed by atoms with Crippen molar-refractivity contribution in [3.63, 3.8) is 0 Å². The van der Waals surface area contributed by atoms with Gasteiger partial charge in [-0.25, -0.2) is 0 Å². The predicted octanol–water partition coefficient (Wildman–Crippen LogP) is 2.83. The molecule has 4 nitrogen and oxygen atoms in total. The standard InChI is InChI=1S/C17H27NO3/c1-2-3-4-5-6-15(19)14(12-18)13-7-8-16-17(11-13)21-10-9-20-16/h7-8,11,14-15,19H,2-6,9-10,12,18H2,1H3. The second kappa shape index (κ2) is 8.25. The Bertz CT molecular complexity index is 436. The van der Waals surface area contributed by atoms with Crippen LogP contribution in [0, 0.1) is 0 Å². The van der Waals surface area contributed by atoms with Crippen LogP contribution in [-0.2, 0) is 0 Å². The Balaban J connectivity index is 1.99. The summed E-state index contributed by atoms with van der Waals surface area (Å²) in [5.74, 6) is 1.50. The average molecular weight is 293 g/mol. The first-order valence-electron chi connectivity index (χ1n) is 8.04. The normalized spacial score (nSPS) is 16.5. The van der Waals surface area contributed by atoms with E-state index in [-0.39, 0.29) is 5.92 Å². The number of hydrogen-bond acceptors (Lipinski definition) is 4. The molecule has 1 heterocycles.